The molecular formula is C18H14Cl2N2O. The Morgan fingerprint density at radius 3 is 2.39 bits per heavy atom. The number of benzene rings is 2. The fraction of sp³-hybridized carbons (Fsp3) is 0.111. The number of pyridine rings is 1. The van der Waals surface area contributed by atoms with E-state index in [4.69, 9.17) is 23.2 Å². The van der Waals surface area contributed by atoms with Gasteiger partial charge in [0.1, 0.15) is 10.3 Å². The van der Waals surface area contributed by atoms with Gasteiger partial charge in [0.05, 0.1) is 5.69 Å². The number of halogens is 2. The van der Waals surface area contributed by atoms with E-state index in [0.29, 0.717) is 12.1 Å². The molecule has 0 fully saturated rings. The van der Waals surface area contributed by atoms with Crippen molar-refractivity contribution in [3.8, 4) is 0 Å². The number of aromatic nitrogens is 1. The quantitative estimate of drug-likeness (QED) is 0.611. The number of fused-ring (bicyclic) bond motifs is 1. The van der Waals surface area contributed by atoms with Gasteiger partial charge in [0, 0.05) is 17.5 Å². The van der Waals surface area contributed by atoms with Crippen molar-refractivity contribution >= 4 is 45.6 Å². The van der Waals surface area contributed by atoms with E-state index < -0.39 is 0 Å². The predicted molar refractivity (Wildman–Crippen MR) is 95.6 cm³/mol. The van der Waals surface area contributed by atoms with Crippen molar-refractivity contribution in [1.29, 1.82) is 0 Å². The zero-order valence-corrected chi connectivity index (χ0v) is 14.0. The number of anilines is 1. The van der Waals surface area contributed by atoms with Gasteiger partial charge in [-0.15, -0.1) is 0 Å². The summed E-state index contributed by atoms with van der Waals surface area (Å²) in [6, 6.07) is 16.9. The molecule has 0 atom stereocenters. The van der Waals surface area contributed by atoms with Crippen LogP contribution in [0.1, 0.15) is 17.3 Å². The van der Waals surface area contributed by atoms with Gasteiger partial charge in [0.25, 0.3) is 5.91 Å². The summed E-state index contributed by atoms with van der Waals surface area (Å²) in [5.41, 5.74) is 1.28. The molecule has 3 aromatic rings. The molecule has 0 aliphatic carbocycles. The monoisotopic (exact) mass is 344 g/mol. The van der Waals surface area contributed by atoms with Crippen molar-refractivity contribution in [2.24, 2.45) is 0 Å². The van der Waals surface area contributed by atoms with E-state index in [1.165, 1.54) is 12.1 Å². The van der Waals surface area contributed by atoms with Crippen molar-refractivity contribution in [3.63, 3.8) is 0 Å². The van der Waals surface area contributed by atoms with Crippen LogP contribution in [0.15, 0.2) is 54.6 Å². The second-order valence-corrected chi connectivity index (χ2v) is 5.82. The van der Waals surface area contributed by atoms with Crippen LogP contribution in [0.25, 0.3) is 10.8 Å². The van der Waals surface area contributed by atoms with E-state index in [0.717, 1.165) is 16.5 Å². The number of carbonyl (C=O) groups excluding carboxylic acids is 1. The topological polar surface area (TPSA) is 33.2 Å². The molecule has 0 bridgehead atoms. The lowest BCUT2D eigenvalue weighted by Crippen LogP contribution is -2.30. The van der Waals surface area contributed by atoms with Gasteiger partial charge in [0.2, 0.25) is 0 Å². The fourth-order valence-corrected chi connectivity index (χ4v) is 3.07. The van der Waals surface area contributed by atoms with E-state index in [1.807, 2.05) is 49.4 Å². The van der Waals surface area contributed by atoms with E-state index >= 15 is 0 Å². The van der Waals surface area contributed by atoms with E-state index in [1.54, 1.807) is 4.90 Å². The molecule has 0 saturated carbocycles. The molecule has 0 aliphatic heterocycles. The summed E-state index contributed by atoms with van der Waals surface area (Å²) < 4.78 is 0. The fourth-order valence-electron chi connectivity index (χ4n) is 2.61. The first-order valence-electron chi connectivity index (χ1n) is 7.23. The second kappa shape index (κ2) is 6.57. The Kier molecular flexibility index (Phi) is 4.51. The molecule has 0 radical (unpaired) electrons. The molecule has 1 aromatic heterocycles. The number of hydrogen-bond acceptors (Lipinski definition) is 2. The van der Waals surface area contributed by atoms with Crippen LogP contribution in [0, 0.1) is 0 Å². The SMILES string of the molecule is CCN(C(=O)c1cc(Cl)nc(Cl)c1)c1cccc2ccccc12. The van der Waals surface area contributed by atoms with Crippen LogP contribution < -0.4 is 4.90 Å². The van der Waals surface area contributed by atoms with Crippen molar-refractivity contribution in [2.75, 3.05) is 11.4 Å². The molecule has 0 aliphatic rings. The molecule has 2 aromatic carbocycles. The van der Waals surface area contributed by atoms with E-state index in [-0.39, 0.29) is 16.2 Å². The third-order valence-corrected chi connectivity index (χ3v) is 4.02. The van der Waals surface area contributed by atoms with Crippen LogP contribution in [0.4, 0.5) is 5.69 Å². The minimum Gasteiger partial charge on any atom is -0.308 e. The highest BCUT2D eigenvalue weighted by atomic mass is 35.5. The third-order valence-electron chi connectivity index (χ3n) is 3.63. The first-order chi connectivity index (χ1) is 11.1. The number of hydrogen-bond donors (Lipinski definition) is 0. The molecule has 0 N–H and O–H groups in total. The van der Waals surface area contributed by atoms with Crippen molar-refractivity contribution in [3.05, 3.63) is 70.5 Å². The second-order valence-electron chi connectivity index (χ2n) is 5.05. The Bertz CT molecular complexity index is 854. The average Bonchev–Trinajstić information content (AvgIpc) is 2.54. The standard InChI is InChI=1S/C18H14Cl2N2O/c1-2-22(18(23)13-10-16(19)21-17(20)11-13)15-9-5-7-12-6-3-4-8-14(12)15/h3-11H,2H2,1H3. The first-order valence-corrected chi connectivity index (χ1v) is 7.98. The van der Waals surface area contributed by atoms with Gasteiger partial charge in [-0.2, -0.15) is 0 Å². The molecule has 3 nitrogen and oxygen atoms in total. The Balaban J connectivity index is 2.09. The molecule has 5 heteroatoms. The van der Waals surface area contributed by atoms with E-state index in [2.05, 4.69) is 4.98 Å². The molecular weight excluding hydrogens is 331 g/mol. The summed E-state index contributed by atoms with van der Waals surface area (Å²) in [6.45, 7) is 2.47. The predicted octanol–water partition coefficient (Wildman–Crippen LogP) is 5.21. The molecule has 116 valence electrons. The van der Waals surface area contributed by atoms with Gasteiger partial charge in [0.15, 0.2) is 0 Å². The zero-order valence-electron chi connectivity index (χ0n) is 12.5. The minimum absolute atomic E-state index is 0.157. The molecule has 1 amide bonds. The summed E-state index contributed by atoms with van der Waals surface area (Å²) in [4.78, 5) is 18.5. The lowest BCUT2D eigenvalue weighted by atomic mass is 10.1. The number of nitrogens with zero attached hydrogens (tertiary/aromatic N) is 2. The smallest absolute Gasteiger partial charge is 0.258 e. The average molecular weight is 345 g/mol. The van der Waals surface area contributed by atoms with Gasteiger partial charge in [-0.3, -0.25) is 4.79 Å². The molecule has 0 unspecified atom stereocenters. The maximum absolute atomic E-state index is 12.9. The third kappa shape index (κ3) is 3.16. The van der Waals surface area contributed by atoms with Crippen molar-refractivity contribution < 1.29 is 4.79 Å². The maximum Gasteiger partial charge on any atom is 0.258 e. The van der Waals surface area contributed by atoms with Crippen LogP contribution >= 0.6 is 23.2 Å². The summed E-state index contributed by atoms with van der Waals surface area (Å²) in [6.07, 6.45) is 0. The number of carbonyl (C=O) groups is 1. The molecule has 0 spiro atoms. The van der Waals surface area contributed by atoms with Crippen LogP contribution in [0.5, 0.6) is 0 Å². The number of rotatable bonds is 3. The molecule has 23 heavy (non-hydrogen) atoms. The highest BCUT2D eigenvalue weighted by Crippen LogP contribution is 2.28. The van der Waals surface area contributed by atoms with Gasteiger partial charge in [-0.1, -0.05) is 59.6 Å². The van der Waals surface area contributed by atoms with E-state index in [9.17, 15) is 4.79 Å². The summed E-state index contributed by atoms with van der Waals surface area (Å²) >= 11 is 11.8. The summed E-state index contributed by atoms with van der Waals surface area (Å²) in [5.74, 6) is -0.157. The molecule has 0 saturated heterocycles. The van der Waals surface area contributed by atoms with Crippen molar-refractivity contribution in [2.45, 2.75) is 6.92 Å². The first kappa shape index (κ1) is 15.8. The Morgan fingerprint density at radius 1 is 1.04 bits per heavy atom. The van der Waals surface area contributed by atoms with Crippen LogP contribution in [0.2, 0.25) is 10.3 Å². The lowest BCUT2D eigenvalue weighted by molar-refractivity contribution is 0.0988. The molecule has 1 heterocycles. The van der Waals surface area contributed by atoms with Gasteiger partial charge in [-0.25, -0.2) is 4.98 Å². The maximum atomic E-state index is 12.9. The van der Waals surface area contributed by atoms with Crippen LogP contribution in [-0.4, -0.2) is 17.4 Å². The Hall–Kier alpha value is -2.10. The van der Waals surface area contributed by atoms with Gasteiger partial charge in [-0.05, 0) is 30.5 Å². The lowest BCUT2D eigenvalue weighted by Gasteiger charge is -2.23. The highest BCUT2D eigenvalue weighted by molar-refractivity contribution is 6.33. The van der Waals surface area contributed by atoms with Gasteiger partial charge < -0.3 is 4.90 Å². The largest absolute Gasteiger partial charge is 0.308 e. The summed E-state index contributed by atoms with van der Waals surface area (Å²) in [5, 5.41) is 2.52. The Morgan fingerprint density at radius 2 is 1.70 bits per heavy atom. The zero-order chi connectivity index (χ0) is 16.4. The molecule has 3 rings (SSSR count). The summed E-state index contributed by atoms with van der Waals surface area (Å²) in [7, 11) is 0. The van der Waals surface area contributed by atoms with Crippen molar-refractivity contribution in [1.82, 2.24) is 4.98 Å². The van der Waals surface area contributed by atoms with Crippen LogP contribution in [-0.2, 0) is 0 Å². The highest BCUT2D eigenvalue weighted by Gasteiger charge is 2.19. The normalized spacial score (nSPS) is 10.7. The number of amides is 1. The Labute approximate surface area is 144 Å². The van der Waals surface area contributed by atoms with Crippen LogP contribution in [0.3, 0.4) is 0 Å². The minimum atomic E-state index is -0.157. The van der Waals surface area contributed by atoms with Gasteiger partial charge >= 0.3 is 0 Å².